The molecule has 0 bridgehead atoms. The molecule has 0 radical (unpaired) electrons. The second-order valence-corrected chi connectivity index (χ2v) is 3.40. The minimum absolute atomic E-state index is 0.736. The average molecular weight is 272 g/mol. The number of rotatable bonds is 1. The van der Waals surface area contributed by atoms with Crippen LogP contribution in [0.15, 0.2) is 30.7 Å². The van der Waals surface area contributed by atoms with Gasteiger partial charge in [0, 0.05) is 9.77 Å². The van der Waals surface area contributed by atoms with E-state index in [0.29, 0.717) is 0 Å². The highest BCUT2D eigenvalue weighted by atomic mass is 127. The molecular formula is C7H5IN4. The zero-order chi connectivity index (χ0) is 8.39. The molecule has 0 saturated carbocycles. The Hall–Kier alpha value is -0.980. The summed E-state index contributed by atoms with van der Waals surface area (Å²) in [6, 6.07) is 3.84. The summed E-state index contributed by atoms with van der Waals surface area (Å²) in [6.07, 6.45) is 5.03. The summed E-state index contributed by atoms with van der Waals surface area (Å²) in [5, 5.41) is 7.91. The van der Waals surface area contributed by atoms with Crippen molar-refractivity contribution in [1.82, 2.24) is 20.0 Å². The van der Waals surface area contributed by atoms with Crippen molar-refractivity contribution in [1.29, 1.82) is 0 Å². The summed E-state index contributed by atoms with van der Waals surface area (Å²) in [6.45, 7) is 0. The Morgan fingerprint density at radius 3 is 2.50 bits per heavy atom. The number of nitrogens with zero attached hydrogens (tertiary/aromatic N) is 4. The van der Waals surface area contributed by atoms with Crippen LogP contribution in [0.2, 0.25) is 0 Å². The van der Waals surface area contributed by atoms with Gasteiger partial charge in [0.05, 0.1) is 12.4 Å². The summed E-state index contributed by atoms with van der Waals surface area (Å²) in [5.41, 5.74) is 0. The molecule has 2 aromatic heterocycles. The molecule has 0 atom stereocenters. The van der Waals surface area contributed by atoms with Crippen molar-refractivity contribution >= 4 is 22.6 Å². The van der Waals surface area contributed by atoms with E-state index in [2.05, 4.69) is 37.8 Å². The molecule has 4 nitrogen and oxygen atoms in total. The van der Waals surface area contributed by atoms with Gasteiger partial charge in [0.1, 0.15) is 0 Å². The van der Waals surface area contributed by atoms with Gasteiger partial charge in [-0.1, -0.05) is 0 Å². The van der Waals surface area contributed by atoms with E-state index < -0.39 is 0 Å². The lowest BCUT2D eigenvalue weighted by molar-refractivity contribution is 0.729. The molecule has 0 N–H and O–H groups in total. The first kappa shape index (κ1) is 7.66. The summed E-state index contributed by atoms with van der Waals surface area (Å²) in [5.74, 6) is 0.736. The first-order chi connectivity index (χ1) is 5.86. The molecule has 0 aliphatic carbocycles. The van der Waals surface area contributed by atoms with Gasteiger partial charge in [-0.3, -0.25) is 0 Å². The summed E-state index contributed by atoms with van der Waals surface area (Å²) in [7, 11) is 0. The number of pyridine rings is 1. The van der Waals surface area contributed by atoms with Crippen LogP contribution in [-0.4, -0.2) is 20.0 Å². The van der Waals surface area contributed by atoms with Crippen molar-refractivity contribution < 1.29 is 0 Å². The normalized spacial score (nSPS) is 10.1. The van der Waals surface area contributed by atoms with Crippen LogP contribution in [0.3, 0.4) is 0 Å². The van der Waals surface area contributed by atoms with Crippen molar-refractivity contribution in [2.24, 2.45) is 0 Å². The van der Waals surface area contributed by atoms with Crippen LogP contribution in [0.5, 0.6) is 0 Å². The Morgan fingerprint density at radius 1 is 1.17 bits per heavy atom. The van der Waals surface area contributed by atoms with Crippen LogP contribution in [0.4, 0.5) is 0 Å². The minimum atomic E-state index is 0.736. The second kappa shape index (κ2) is 3.18. The van der Waals surface area contributed by atoms with Gasteiger partial charge in [-0.15, -0.1) is 4.80 Å². The number of aromatic nitrogens is 4. The van der Waals surface area contributed by atoms with Crippen molar-refractivity contribution in [3.05, 3.63) is 34.3 Å². The van der Waals surface area contributed by atoms with Crippen LogP contribution in [0.25, 0.3) is 5.82 Å². The third-order valence-electron chi connectivity index (χ3n) is 1.34. The Bertz CT molecular complexity index is 353. The lowest BCUT2D eigenvalue weighted by atomic mass is 10.5. The molecule has 0 spiro atoms. The second-order valence-electron chi connectivity index (χ2n) is 2.15. The van der Waals surface area contributed by atoms with E-state index in [1.54, 1.807) is 18.6 Å². The van der Waals surface area contributed by atoms with Gasteiger partial charge >= 0.3 is 0 Å². The topological polar surface area (TPSA) is 43.6 Å². The van der Waals surface area contributed by atoms with Gasteiger partial charge in [-0.05, 0) is 34.7 Å². The molecule has 0 amide bonds. The molecular weight excluding hydrogens is 267 g/mol. The molecule has 2 aromatic rings. The maximum absolute atomic E-state index is 4.15. The van der Waals surface area contributed by atoms with Crippen LogP contribution < -0.4 is 0 Å². The van der Waals surface area contributed by atoms with Crippen LogP contribution in [-0.2, 0) is 0 Å². The largest absolute Gasteiger partial charge is 0.234 e. The molecule has 0 aliphatic heterocycles. The average Bonchev–Trinajstić information content (AvgIpc) is 2.58. The predicted octanol–water partition coefficient (Wildman–Crippen LogP) is 1.27. The standard InChI is InChI=1S/C7H5IN4/c8-6-1-2-7(9-5-6)12-10-3-4-11-12/h1-5H. The molecule has 12 heavy (non-hydrogen) atoms. The lowest BCUT2D eigenvalue weighted by Gasteiger charge is -1.96. The van der Waals surface area contributed by atoms with E-state index in [0.717, 1.165) is 9.39 Å². The molecule has 0 unspecified atom stereocenters. The van der Waals surface area contributed by atoms with E-state index in [-0.39, 0.29) is 0 Å². The highest BCUT2D eigenvalue weighted by Gasteiger charge is 1.96. The molecule has 0 aliphatic rings. The van der Waals surface area contributed by atoms with Gasteiger partial charge in [-0.25, -0.2) is 4.98 Å². The van der Waals surface area contributed by atoms with Gasteiger partial charge in [0.25, 0.3) is 0 Å². The van der Waals surface area contributed by atoms with E-state index in [1.165, 1.54) is 4.80 Å². The maximum atomic E-state index is 4.15. The molecule has 0 fully saturated rings. The zero-order valence-corrected chi connectivity index (χ0v) is 8.21. The maximum Gasteiger partial charge on any atom is 0.174 e. The van der Waals surface area contributed by atoms with Crippen LogP contribution >= 0.6 is 22.6 Å². The number of hydrogen-bond acceptors (Lipinski definition) is 3. The fraction of sp³-hybridized carbons (Fsp3) is 0. The Morgan fingerprint density at radius 2 is 1.92 bits per heavy atom. The summed E-state index contributed by atoms with van der Waals surface area (Å²) >= 11 is 2.20. The third-order valence-corrected chi connectivity index (χ3v) is 1.97. The van der Waals surface area contributed by atoms with E-state index in [9.17, 15) is 0 Å². The fourth-order valence-corrected chi connectivity index (χ4v) is 1.14. The Kier molecular flexibility index (Phi) is 2.03. The van der Waals surface area contributed by atoms with Crippen molar-refractivity contribution in [2.45, 2.75) is 0 Å². The smallest absolute Gasteiger partial charge is 0.174 e. The van der Waals surface area contributed by atoms with Crippen molar-refractivity contribution in [3.63, 3.8) is 0 Å². The molecule has 0 aromatic carbocycles. The Labute approximate surface area is 82.8 Å². The third kappa shape index (κ3) is 1.45. The first-order valence-electron chi connectivity index (χ1n) is 3.34. The van der Waals surface area contributed by atoms with E-state index in [1.807, 2.05) is 12.1 Å². The van der Waals surface area contributed by atoms with Crippen molar-refractivity contribution in [2.75, 3.05) is 0 Å². The summed E-state index contributed by atoms with van der Waals surface area (Å²) in [4.78, 5) is 5.63. The quantitative estimate of drug-likeness (QED) is 0.734. The Balaban J connectivity index is 2.43. The monoisotopic (exact) mass is 272 g/mol. The van der Waals surface area contributed by atoms with Gasteiger partial charge < -0.3 is 0 Å². The predicted molar refractivity (Wildman–Crippen MR) is 51.9 cm³/mol. The van der Waals surface area contributed by atoms with Crippen LogP contribution in [0, 0.1) is 3.57 Å². The van der Waals surface area contributed by atoms with Crippen LogP contribution in [0.1, 0.15) is 0 Å². The van der Waals surface area contributed by atoms with Crippen molar-refractivity contribution in [3.8, 4) is 5.82 Å². The summed E-state index contributed by atoms with van der Waals surface area (Å²) < 4.78 is 1.10. The molecule has 2 rings (SSSR count). The molecule has 5 heteroatoms. The van der Waals surface area contributed by atoms with E-state index >= 15 is 0 Å². The SMILES string of the molecule is Ic1ccc(-n2nccn2)nc1. The molecule has 60 valence electrons. The fourth-order valence-electron chi connectivity index (χ4n) is 0.820. The molecule has 2 heterocycles. The van der Waals surface area contributed by atoms with Gasteiger partial charge in [0.2, 0.25) is 0 Å². The number of halogens is 1. The minimum Gasteiger partial charge on any atom is -0.234 e. The lowest BCUT2D eigenvalue weighted by Crippen LogP contribution is -2.00. The van der Waals surface area contributed by atoms with Gasteiger partial charge in [0.15, 0.2) is 5.82 Å². The van der Waals surface area contributed by atoms with Gasteiger partial charge in [-0.2, -0.15) is 10.2 Å². The van der Waals surface area contributed by atoms with E-state index in [4.69, 9.17) is 0 Å². The number of hydrogen-bond donors (Lipinski definition) is 0. The molecule has 0 saturated heterocycles. The zero-order valence-electron chi connectivity index (χ0n) is 6.05. The highest BCUT2D eigenvalue weighted by molar-refractivity contribution is 14.1. The highest BCUT2D eigenvalue weighted by Crippen LogP contribution is 2.04. The first-order valence-corrected chi connectivity index (χ1v) is 4.42.